The summed E-state index contributed by atoms with van der Waals surface area (Å²) in [6.07, 6.45) is -1.89. The number of halogens is 3. The molecule has 1 aliphatic heterocycles. The maximum Gasteiger partial charge on any atom is 0.412 e. The van der Waals surface area contributed by atoms with Crippen LogP contribution in [-0.2, 0) is 16.1 Å². The Bertz CT molecular complexity index is 1530. The van der Waals surface area contributed by atoms with Crippen molar-refractivity contribution in [3.8, 4) is 11.3 Å². The highest BCUT2D eigenvalue weighted by Gasteiger charge is 2.27. The first-order valence-electron chi connectivity index (χ1n) is 13.9. The minimum Gasteiger partial charge on any atom is -0.465 e. The lowest BCUT2D eigenvalue weighted by molar-refractivity contribution is -0.133. The number of hydrogen-bond donors (Lipinski definition) is 3. The van der Waals surface area contributed by atoms with Crippen LogP contribution in [0.25, 0.3) is 11.3 Å². The van der Waals surface area contributed by atoms with E-state index in [0.717, 1.165) is 0 Å². The molecule has 1 unspecified atom stereocenters. The molecule has 2 heterocycles. The molecule has 45 heavy (non-hydrogen) atoms. The molecule has 2 aromatic carbocycles. The number of aromatic nitrogens is 1. The number of hydrogen-bond acceptors (Lipinski definition) is 7. The van der Waals surface area contributed by atoms with Crippen LogP contribution in [0.1, 0.15) is 18.4 Å². The van der Waals surface area contributed by atoms with Crippen molar-refractivity contribution in [2.45, 2.75) is 25.4 Å². The lowest BCUT2D eigenvalue weighted by Gasteiger charge is -2.34. The standard InChI is InChI=1S/C29H31ClF2N6O7/c1-36(27(40)33-16-19-5-3-7-22(32)26(19)30)21(8-9-25(39)37-10-12-38(13-11-37)29(42)43)17-44-28(41)34-24-15-23(45-35-24)18-4-2-6-20(31)14-18/h2-7,14-15,21H,8-13,16-17H2,1H3,(H,33,40)(H,42,43)(H,34,35,41). The molecule has 3 N–H and O–H groups in total. The zero-order valence-corrected chi connectivity index (χ0v) is 24.9. The Hall–Kier alpha value is -4.92. The van der Waals surface area contributed by atoms with E-state index >= 15 is 0 Å². The largest absolute Gasteiger partial charge is 0.465 e. The molecule has 0 radical (unpaired) electrons. The molecule has 1 saturated heterocycles. The van der Waals surface area contributed by atoms with Gasteiger partial charge in [-0.25, -0.2) is 23.2 Å². The van der Waals surface area contributed by atoms with Gasteiger partial charge in [0.25, 0.3) is 0 Å². The molecule has 5 amide bonds. The number of ether oxygens (including phenoxy) is 1. The number of urea groups is 1. The third-order valence-electron chi connectivity index (χ3n) is 7.18. The van der Waals surface area contributed by atoms with Crippen LogP contribution in [0.4, 0.5) is 29.0 Å². The molecule has 4 rings (SSSR count). The van der Waals surface area contributed by atoms with Gasteiger partial charge in [-0.1, -0.05) is 41.0 Å². The van der Waals surface area contributed by atoms with Crippen molar-refractivity contribution < 1.29 is 42.3 Å². The Morgan fingerprint density at radius 1 is 1.09 bits per heavy atom. The molecular formula is C29H31ClF2N6O7. The van der Waals surface area contributed by atoms with Gasteiger partial charge in [0, 0.05) is 57.8 Å². The van der Waals surface area contributed by atoms with Crippen molar-refractivity contribution in [2.24, 2.45) is 0 Å². The van der Waals surface area contributed by atoms with Crippen LogP contribution in [0.5, 0.6) is 0 Å². The number of carboxylic acid groups (broad SMARTS) is 1. The summed E-state index contributed by atoms with van der Waals surface area (Å²) in [6.45, 7) is 0.429. The monoisotopic (exact) mass is 648 g/mol. The minimum atomic E-state index is -1.06. The Morgan fingerprint density at radius 2 is 1.80 bits per heavy atom. The summed E-state index contributed by atoms with van der Waals surface area (Å²) in [7, 11) is 1.45. The van der Waals surface area contributed by atoms with Gasteiger partial charge in [0.05, 0.1) is 11.1 Å². The molecule has 240 valence electrons. The quantitative estimate of drug-likeness (QED) is 0.287. The molecule has 0 spiro atoms. The van der Waals surface area contributed by atoms with E-state index in [1.54, 1.807) is 12.1 Å². The minimum absolute atomic E-state index is 0.00422. The molecule has 0 aliphatic carbocycles. The lowest BCUT2D eigenvalue weighted by Crippen LogP contribution is -2.50. The summed E-state index contributed by atoms with van der Waals surface area (Å²) in [5.41, 5.74) is 0.761. The number of carbonyl (C=O) groups excluding carboxylic acids is 3. The fourth-order valence-electron chi connectivity index (χ4n) is 4.55. The molecule has 1 aromatic heterocycles. The van der Waals surface area contributed by atoms with Gasteiger partial charge in [0.15, 0.2) is 11.6 Å². The van der Waals surface area contributed by atoms with E-state index in [1.165, 1.54) is 58.1 Å². The molecule has 1 fully saturated rings. The van der Waals surface area contributed by atoms with Crippen molar-refractivity contribution >= 4 is 41.5 Å². The van der Waals surface area contributed by atoms with Gasteiger partial charge in [-0.3, -0.25) is 10.1 Å². The third kappa shape index (κ3) is 9.04. The van der Waals surface area contributed by atoms with Crippen LogP contribution < -0.4 is 10.6 Å². The Balaban J connectivity index is 1.36. The first-order valence-corrected chi connectivity index (χ1v) is 14.2. The van der Waals surface area contributed by atoms with Gasteiger partial charge in [-0.05, 0) is 30.2 Å². The van der Waals surface area contributed by atoms with Crippen molar-refractivity contribution in [3.63, 3.8) is 0 Å². The van der Waals surface area contributed by atoms with E-state index in [9.17, 15) is 28.0 Å². The number of rotatable bonds is 10. The number of amides is 5. The van der Waals surface area contributed by atoms with Crippen LogP contribution in [0.3, 0.4) is 0 Å². The first-order chi connectivity index (χ1) is 21.5. The van der Waals surface area contributed by atoms with Crippen LogP contribution in [-0.4, -0.2) is 95.0 Å². The molecule has 16 heteroatoms. The number of piperazine rings is 1. The van der Waals surface area contributed by atoms with Gasteiger partial charge in [-0.15, -0.1) is 0 Å². The fraction of sp³-hybridized carbons (Fsp3) is 0.345. The first kappa shape index (κ1) is 33.0. The normalized spacial score (nSPS) is 13.6. The summed E-state index contributed by atoms with van der Waals surface area (Å²) in [4.78, 5) is 53.7. The second-order valence-electron chi connectivity index (χ2n) is 10.1. The van der Waals surface area contributed by atoms with Gasteiger partial charge < -0.3 is 34.4 Å². The number of carbonyl (C=O) groups is 4. The number of likely N-dealkylation sites (N-methyl/N-ethyl adjacent to an activating group) is 1. The fourth-order valence-corrected chi connectivity index (χ4v) is 4.75. The third-order valence-corrected chi connectivity index (χ3v) is 7.60. The topological polar surface area (TPSA) is 158 Å². The van der Waals surface area contributed by atoms with E-state index in [0.29, 0.717) is 11.1 Å². The second-order valence-corrected chi connectivity index (χ2v) is 10.5. The predicted octanol–water partition coefficient (Wildman–Crippen LogP) is 4.63. The maximum absolute atomic E-state index is 13.8. The van der Waals surface area contributed by atoms with Gasteiger partial charge in [0.2, 0.25) is 5.91 Å². The van der Waals surface area contributed by atoms with Crippen molar-refractivity contribution in [2.75, 3.05) is 45.2 Å². The van der Waals surface area contributed by atoms with Crippen molar-refractivity contribution in [1.82, 2.24) is 25.2 Å². The highest BCUT2D eigenvalue weighted by atomic mass is 35.5. The average Bonchev–Trinajstić information content (AvgIpc) is 3.49. The van der Waals surface area contributed by atoms with Crippen molar-refractivity contribution in [1.29, 1.82) is 0 Å². The Morgan fingerprint density at radius 3 is 2.51 bits per heavy atom. The zero-order chi connectivity index (χ0) is 32.5. The van der Waals surface area contributed by atoms with E-state index < -0.39 is 35.9 Å². The molecular weight excluding hydrogens is 618 g/mol. The molecule has 3 aromatic rings. The highest BCUT2D eigenvalue weighted by Crippen LogP contribution is 2.23. The summed E-state index contributed by atoms with van der Waals surface area (Å²) < 4.78 is 37.9. The zero-order valence-electron chi connectivity index (χ0n) is 24.2. The molecule has 1 atom stereocenters. The van der Waals surface area contributed by atoms with E-state index in [4.69, 9.17) is 26.0 Å². The number of nitrogens with zero attached hydrogens (tertiary/aromatic N) is 4. The summed E-state index contributed by atoms with van der Waals surface area (Å²) >= 11 is 5.99. The SMILES string of the molecule is CN(C(=O)NCc1cccc(F)c1Cl)C(CCC(=O)N1CCN(C(=O)O)CC1)COC(=O)Nc1cc(-c2cccc(F)c2)on1. The van der Waals surface area contributed by atoms with Gasteiger partial charge in [-0.2, -0.15) is 0 Å². The number of benzene rings is 2. The van der Waals surface area contributed by atoms with Crippen LogP contribution >= 0.6 is 11.6 Å². The van der Waals surface area contributed by atoms with Crippen molar-refractivity contribution in [3.05, 3.63) is 70.8 Å². The maximum atomic E-state index is 13.8. The van der Waals surface area contributed by atoms with Crippen LogP contribution in [0, 0.1) is 11.6 Å². The van der Waals surface area contributed by atoms with E-state index in [1.807, 2.05) is 0 Å². The second kappa shape index (κ2) is 15.2. The smallest absolute Gasteiger partial charge is 0.412 e. The molecule has 1 aliphatic rings. The summed E-state index contributed by atoms with van der Waals surface area (Å²) in [6, 6.07) is 9.83. The molecule has 0 saturated carbocycles. The molecule has 13 nitrogen and oxygen atoms in total. The summed E-state index contributed by atoms with van der Waals surface area (Å²) in [5.74, 6) is -1.14. The Kier molecular flexibility index (Phi) is 11.1. The van der Waals surface area contributed by atoms with Crippen LogP contribution in [0.2, 0.25) is 5.02 Å². The van der Waals surface area contributed by atoms with Gasteiger partial charge >= 0.3 is 18.2 Å². The summed E-state index contributed by atoms with van der Waals surface area (Å²) in [5, 5.41) is 17.8. The average molecular weight is 649 g/mol. The highest BCUT2D eigenvalue weighted by molar-refractivity contribution is 6.31. The molecule has 0 bridgehead atoms. The predicted molar refractivity (Wildman–Crippen MR) is 157 cm³/mol. The number of anilines is 1. The van der Waals surface area contributed by atoms with Gasteiger partial charge in [0.1, 0.15) is 18.2 Å². The van der Waals surface area contributed by atoms with E-state index in [-0.39, 0.29) is 74.7 Å². The number of nitrogens with one attached hydrogen (secondary N) is 2. The van der Waals surface area contributed by atoms with E-state index in [2.05, 4.69) is 15.8 Å². The van der Waals surface area contributed by atoms with Crippen LogP contribution in [0.15, 0.2) is 53.1 Å². The lowest BCUT2D eigenvalue weighted by atomic mass is 10.1. The Labute approximate surface area is 261 Å².